The summed E-state index contributed by atoms with van der Waals surface area (Å²) >= 11 is 0. The third-order valence-electron chi connectivity index (χ3n) is 2.84. The van der Waals surface area contributed by atoms with Crippen molar-refractivity contribution in [1.29, 1.82) is 0 Å². The largest absolute Gasteiger partial charge is 0.347 e. The van der Waals surface area contributed by atoms with E-state index < -0.39 is 0 Å². The van der Waals surface area contributed by atoms with Gasteiger partial charge in [0.25, 0.3) is 5.91 Å². The van der Waals surface area contributed by atoms with Crippen molar-refractivity contribution in [2.24, 2.45) is 0 Å². The standard InChI is InChI=1S/C11H18N4O/c1-11(2,3)10-13-8(14-15-10)9(16)12-7-5-4-6-7/h7H,4-6H2,1-3H3,(H,12,16)(H,13,14,15). The van der Waals surface area contributed by atoms with Gasteiger partial charge in [0.05, 0.1) is 0 Å². The highest BCUT2D eigenvalue weighted by Crippen LogP contribution is 2.19. The van der Waals surface area contributed by atoms with Crippen molar-refractivity contribution in [3.63, 3.8) is 0 Å². The molecule has 1 amide bonds. The lowest BCUT2D eigenvalue weighted by Gasteiger charge is -2.25. The molecule has 1 heterocycles. The van der Waals surface area contributed by atoms with E-state index in [2.05, 4.69) is 20.5 Å². The van der Waals surface area contributed by atoms with E-state index in [1.54, 1.807) is 0 Å². The molecule has 1 aromatic heterocycles. The van der Waals surface area contributed by atoms with Gasteiger partial charge in [-0.2, -0.15) is 0 Å². The Bertz CT molecular complexity index is 387. The molecule has 0 unspecified atom stereocenters. The summed E-state index contributed by atoms with van der Waals surface area (Å²) in [5.74, 6) is 0.819. The molecule has 1 aliphatic rings. The van der Waals surface area contributed by atoms with Crippen LogP contribution < -0.4 is 5.32 Å². The zero-order valence-electron chi connectivity index (χ0n) is 10.0. The average Bonchev–Trinajstić information content (AvgIpc) is 2.58. The summed E-state index contributed by atoms with van der Waals surface area (Å²) in [6.45, 7) is 6.09. The van der Waals surface area contributed by atoms with Crippen LogP contribution in [-0.4, -0.2) is 27.1 Å². The van der Waals surface area contributed by atoms with Crippen LogP contribution in [0.3, 0.4) is 0 Å². The fraction of sp³-hybridized carbons (Fsp3) is 0.727. The molecule has 16 heavy (non-hydrogen) atoms. The normalized spacial score (nSPS) is 16.9. The van der Waals surface area contributed by atoms with E-state index in [1.807, 2.05) is 20.8 Å². The molecule has 1 saturated carbocycles. The second kappa shape index (κ2) is 3.88. The van der Waals surface area contributed by atoms with Gasteiger partial charge >= 0.3 is 0 Å². The minimum absolute atomic E-state index is 0.109. The molecule has 5 nitrogen and oxygen atoms in total. The lowest BCUT2D eigenvalue weighted by Crippen LogP contribution is -2.39. The van der Waals surface area contributed by atoms with E-state index >= 15 is 0 Å². The van der Waals surface area contributed by atoms with Crippen molar-refractivity contribution in [2.45, 2.75) is 51.5 Å². The molecule has 0 radical (unpaired) electrons. The maximum atomic E-state index is 11.7. The predicted molar refractivity (Wildman–Crippen MR) is 60.2 cm³/mol. The van der Waals surface area contributed by atoms with Gasteiger partial charge in [-0.3, -0.25) is 9.89 Å². The van der Waals surface area contributed by atoms with Gasteiger partial charge in [0.2, 0.25) is 5.82 Å². The summed E-state index contributed by atoms with van der Waals surface area (Å²) in [6, 6.07) is 0.323. The Morgan fingerprint density at radius 2 is 2.12 bits per heavy atom. The maximum Gasteiger partial charge on any atom is 0.291 e. The van der Waals surface area contributed by atoms with Crippen molar-refractivity contribution in [2.75, 3.05) is 0 Å². The van der Waals surface area contributed by atoms with Crippen LogP contribution in [0.1, 0.15) is 56.5 Å². The van der Waals surface area contributed by atoms with Crippen LogP contribution in [0.2, 0.25) is 0 Å². The van der Waals surface area contributed by atoms with Gasteiger partial charge in [-0.1, -0.05) is 20.8 Å². The smallest absolute Gasteiger partial charge is 0.291 e. The first-order chi connectivity index (χ1) is 7.47. The number of hydrogen-bond donors (Lipinski definition) is 2. The Hall–Kier alpha value is -1.39. The van der Waals surface area contributed by atoms with Crippen LogP contribution in [0.4, 0.5) is 0 Å². The Morgan fingerprint density at radius 3 is 2.56 bits per heavy atom. The molecule has 1 fully saturated rings. The number of H-pyrrole nitrogens is 1. The first kappa shape index (κ1) is 11.1. The molecule has 1 aliphatic carbocycles. The van der Waals surface area contributed by atoms with Gasteiger partial charge in [0, 0.05) is 11.5 Å². The molecule has 5 heteroatoms. The van der Waals surface area contributed by atoms with Crippen LogP contribution in [0.15, 0.2) is 0 Å². The van der Waals surface area contributed by atoms with E-state index in [9.17, 15) is 4.79 Å². The molecule has 0 saturated heterocycles. The number of amides is 1. The van der Waals surface area contributed by atoms with E-state index in [-0.39, 0.29) is 17.1 Å². The monoisotopic (exact) mass is 222 g/mol. The third-order valence-corrected chi connectivity index (χ3v) is 2.84. The molecular weight excluding hydrogens is 204 g/mol. The minimum Gasteiger partial charge on any atom is -0.347 e. The fourth-order valence-electron chi connectivity index (χ4n) is 1.50. The average molecular weight is 222 g/mol. The molecule has 1 aromatic rings. The summed E-state index contributed by atoms with van der Waals surface area (Å²) in [7, 11) is 0. The number of aromatic amines is 1. The number of aromatic nitrogens is 3. The van der Waals surface area contributed by atoms with Gasteiger partial charge in [-0.05, 0) is 19.3 Å². The van der Waals surface area contributed by atoms with E-state index in [0.29, 0.717) is 6.04 Å². The van der Waals surface area contributed by atoms with Crippen molar-refractivity contribution in [1.82, 2.24) is 20.5 Å². The van der Waals surface area contributed by atoms with Gasteiger partial charge in [0.1, 0.15) is 5.82 Å². The van der Waals surface area contributed by atoms with E-state index in [0.717, 1.165) is 18.7 Å². The number of carbonyl (C=O) groups is 1. The topological polar surface area (TPSA) is 70.7 Å². The van der Waals surface area contributed by atoms with Crippen molar-refractivity contribution in [3.05, 3.63) is 11.6 Å². The number of rotatable bonds is 2. The molecule has 88 valence electrons. The molecule has 0 aromatic carbocycles. The second-order valence-electron chi connectivity index (χ2n) is 5.36. The summed E-state index contributed by atoms with van der Waals surface area (Å²) < 4.78 is 0. The molecule has 2 rings (SSSR count). The molecule has 0 aliphatic heterocycles. The third kappa shape index (κ3) is 2.23. The Balaban J connectivity index is 2.03. The van der Waals surface area contributed by atoms with Crippen LogP contribution in [0.5, 0.6) is 0 Å². The predicted octanol–water partition coefficient (Wildman–Crippen LogP) is 1.38. The van der Waals surface area contributed by atoms with Gasteiger partial charge in [0.15, 0.2) is 0 Å². The lowest BCUT2D eigenvalue weighted by molar-refractivity contribution is 0.0906. The highest BCUT2D eigenvalue weighted by atomic mass is 16.2. The van der Waals surface area contributed by atoms with Crippen LogP contribution in [0.25, 0.3) is 0 Å². The van der Waals surface area contributed by atoms with Crippen LogP contribution in [0, 0.1) is 0 Å². The van der Waals surface area contributed by atoms with Gasteiger partial charge < -0.3 is 5.32 Å². The zero-order chi connectivity index (χ0) is 11.8. The first-order valence-corrected chi connectivity index (χ1v) is 5.70. The molecule has 0 atom stereocenters. The summed E-state index contributed by atoms with van der Waals surface area (Å²) in [4.78, 5) is 15.9. The Morgan fingerprint density at radius 1 is 1.44 bits per heavy atom. The summed E-state index contributed by atoms with van der Waals surface area (Å²) in [5.41, 5.74) is -0.109. The molecular formula is C11H18N4O. The highest BCUT2D eigenvalue weighted by molar-refractivity contribution is 5.90. The van der Waals surface area contributed by atoms with Crippen molar-refractivity contribution in [3.8, 4) is 0 Å². The van der Waals surface area contributed by atoms with Crippen LogP contribution in [-0.2, 0) is 5.41 Å². The second-order valence-corrected chi connectivity index (χ2v) is 5.36. The Labute approximate surface area is 95.0 Å². The number of carbonyl (C=O) groups excluding carboxylic acids is 1. The summed E-state index contributed by atoms with van der Waals surface area (Å²) in [6.07, 6.45) is 3.34. The van der Waals surface area contributed by atoms with E-state index in [1.165, 1.54) is 6.42 Å². The van der Waals surface area contributed by atoms with E-state index in [4.69, 9.17) is 0 Å². The minimum atomic E-state index is -0.170. The van der Waals surface area contributed by atoms with Crippen molar-refractivity contribution < 1.29 is 4.79 Å². The molecule has 0 spiro atoms. The number of nitrogens with zero attached hydrogens (tertiary/aromatic N) is 2. The lowest BCUT2D eigenvalue weighted by atomic mass is 9.93. The fourth-order valence-corrected chi connectivity index (χ4v) is 1.50. The number of hydrogen-bond acceptors (Lipinski definition) is 3. The molecule has 2 N–H and O–H groups in total. The van der Waals surface area contributed by atoms with Gasteiger partial charge in [-0.25, -0.2) is 4.98 Å². The van der Waals surface area contributed by atoms with Crippen LogP contribution >= 0.6 is 0 Å². The highest BCUT2D eigenvalue weighted by Gasteiger charge is 2.24. The maximum absolute atomic E-state index is 11.7. The van der Waals surface area contributed by atoms with Gasteiger partial charge in [-0.15, -0.1) is 5.10 Å². The molecule has 0 bridgehead atoms. The quantitative estimate of drug-likeness (QED) is 0.794. The Kier molecular flexibility index (Phi) is 2.69. The summed E-state index contributed by atoms with van der Waals surface area (Å²) in [5, 5.41) is 9.67. The number of nitrogens with one attached hydrogen (secondary N) is 2. The van der Waals surface area contributed by atoms with Crippen molar-refractivity contribution >= 4 is 5.91 Å². The first-order valence-electron chi connectivity index (χ1n) is 5.70. The SMILES string of the molecule is CC(C)(C)c1nc(C(=O)NC2CCC2)n[nH]1. The zero-order valence-corrected chi connectivity index (χ0v) is 10.0.